The number of nitrogens with two attached hydrogens (primary N) is 1. The number of carbonyl (C=O) groups is 1. The average Bonchev–Trinajstić information content (AvgIpc) is 2.31. The second-order valence-corrected chi connectivity index (χ2v) is 3.51. The van der Waals surface area contributed by atoms with Gasteiger partial charge >= 0.3 is 0 Å². The van der Waals surface area contributed by atoms with Crippen molar-refractivity contribution < 1.29 is 4.79 Å². The minimum Gasteiger partial charge on any atom is -0.398 e. The summed E-state index contributed by atoms with van der Waals surface area (Å²) in [6, 6.07) is 16.6. The molecule has 0 unspecified atom stereocenters. The number of para-hydroxylation sites is 1. The van der Waals surface area contributed by atoms with Gasteiger partial charge in [-0.15, -0.1) is 0 Å². The van der Waals surface area contributed by atoms with Crippen LogP contribution in [-0.4, -0.2) is 5.78 Å². The molecule has 2 heteroatoms. The number of Topliss-reactive ketones (excluding diaryl/α,β-unsaturated/α-hetero) is 1. The van der Waals surface area contributed by atoms with Gasteiger partial charge in [-0.3, -0.25) is 4.79 Å². The van der Waals surface area contributed by atoms with Gasteiger partial charge in [-0.05, 0) is 17.7 Å². The van der Waals surface area contributed by atoms with E-state index >= 15 is 0 Å². The summed E-state index contributed by atoms with van der Waals surface area (Å²) >= 11 is 0. The fraction of sp³-hybridized carbons (Fsp3) is 0. The van der Waals surface area contributed by atoms with Gasteiger partial charge in [0, 0.05) is 11.3 Å². The zero-order valence-electron chi connectivity index (χ0n) is 8.76. The van der Waals surface area contributed by atoms with Crippen LogP contribution in [0.15, 0.2) is 54.6 Å². The molecule has 2 aromatic rings. The van der Waals surface area contributed by atoms with Crippen molar-refractivity contribution in [3.05, 3.63) is 72.1 Å². The van der Waals surface area contributed by atoms with E-state index in [0.29, 0.717) is 11.3 Å². The van der Waals surface area contributed by atoms with Crippen molar-refractivity contribution in [2.75, 3.05) is 5.73 Å². The van der Waals surface area contributed by atoms with Crippen LogP contribution in [0.1, 0.15) is 15.9 Å². The van der Waals surface area contributed by atoms with Crippen molar-refractivity contribution in [1.29, 1.82) is 0 Å². The number of benzene rings is 2. The third-order valence-electron chi connectivity index (χ3n) is 2.32. The van der Waals surface area contributed by atoms with Crippen molar-refractivity contribution in [3.8, 4) is 0 Å². The molecule has 0 heterocycles. The van der Waals surface area contributed by atoms with Gasteiger partial charge in [0.2, 0.25) is 0 Å². The molecule has 0 aliphatic heterocycles. The predicted octanol–water partition coefficient (Wildman–Crippen LogP) is 2.70. The van der Waals surface area contributed by atoms with Crippen LogP contribution in [0.5, 0.6) is 0 Å². The maximum Gasteiger partial charge on any atom is 0.173 e. The molecule has 0 saturated heterocycles. The van der Waals surface area contributed by atoms with Gasteiger partial charge < -0.3 is 5.73 Å². The highest BCUT2D eigenvalue weighted by Crippen LogP contribution is 2.15. The molecule has 1 radical (unpaired) electrons. The average molecular weight is 210 g/mol. The van der Waals surface area contributed by atoms with Crippen LogP contribution in [0.25, 0.3) is 0 Å². The van der Waals surface area contributed by atoms with E-state index in [1.54, 1.807) is 18.6 Å². The van der Waals surface area contributed by atoms with Gasteiger partial charge in [-0.2, -0.15) is 0 Å². The fourth-order valence-electron chi connectivity index (χ4n) is 1.50. The van der Waals surface area contributed by atoms with E-state index in [4.69, 9.17) is 5.73 Å². The minimum atomic E-state index is -0.0655. The minimum absolute atomic E-state index is 0.0655. The summed E-state index contributed by atoms with van der Waals surface area (Å²) in [5.41, 5.74) is 7.68. The summed E-state index contributed by atoms with van der Waals surface area (Å²) in [4.78, 5) is 11.9. The van der Waals surface area contributed by atoms with Gasteiger partial charge in [-0.25, -0.2) is 0 Å². The van der Waals surface area contributed by atoms with Crippen molar-refractivity contribution in [2.24, 2.45) is 0 Å². The maximum atomic E-state index is 11.9. The zero-order valence-corrected chi connectivity index (χ0v) is 8.76. The van der Waals surface area contributed by atoms with Crippen LogP contribution in [0.3, 0.4) is 0 Å². The molecular formula is C14H12NO. The number of hydrogen-bond donors (Lipinski definition) is 1. The standard InChI is InChI=1S/C14H12NO/c15-13-9-5-4-8-12(13)14(16)10-11-6-2-1-3-7-11/h1-10H,15H2. The van der Waals surface area contributed by atoms with E-state index in [2.05, 4.69) is 0 Å². The van der Waals surface area contributed by atoms with Crippen LogP contribution < -0.4 is 5.73 Å². The molecule has 0 aliphatic rings. The molecule has 0 bridgehead atoms. The molecule has 79 valence electrons. The summed E-state index contributed by atoms with van der Waals surface area (Å²) in [5, 5.41) is 0. The van der Waals surface area contributed by atoms with E-state index in [-0.39, 0.29) is 5.78 Å². The largest absolute Gasteiger partial charge is 0.398 e. The topological polar surface area (TPSA) is 43.1 Å². The van der Waals surface area contributed by atoms with Gasteiger partial charge in [0.15, 0.2) is 5.78 Å². The Balaban J connectivity index is 2.19. The van der Waals surface area contributed by atoms with Gasteiger partial charge in [0.25, 0.3) is 0 Å². The normalized spacial score (nSPS) is 10.0. The van der Waals surface area contributed by atoms with E-state index in [9.17, 15) is 4.79 Å². The summed E-state index contributed by atoms with van der Waals surface area (Å²) < 4.78 is 0. The molecule has 0 aromatic heterocycles. The Morgan fingerprint density at radius 1 is 0.938 bits per heavy atom. The van der Waals surface area contributed by atoms with Gasteiger partial charge in [0.1, 0.15) is 0 Å². The highest BCUT2D eigenvalue weighted by molar-refractivity contribution is 6.08. The first-order chi connectivity index (χ1) is 7.77. The predicted molar refractivity (Wildman–Crippen MR) is 65.0 cm³/mol. The van der Waals surface area contributed by atoms with Crippen LogP contribution in [0.2, 0.25) is 0 Å². The first kappa shape index (κ1) is 10.4. The molecule has 0 spiro atoms. The molecule has 0 fully saturated rings. The number of rotatable bonds is 3. The lowest BCUT2D eigenvalue weighted by Gasteiger charge is -2.03. The van der Waals surface area contributed by atoms with Crippen LogP contribution in [0.4, 0.5) is 5.69 Å². The Morgan fingerprint density at radius 2 is 1.56 bits per heavy atom. The Morgan fingerprint density at radius 3 is 2.25 bits per heavy atom. The zero-order chi connectivity index (χ0) is 11.4. The maximum absolute atomic E-state index is 11.9. The number of carbonyl (C=O) groups excluding carboxylic acids is 1. The fourth-order valence-corrected chi connectivity index (χ4v) is 1.50. The molecule has 2 aromatic carbocycles. The third kappa shape index (κ3) is 2.28. The summed E-state index contributed by atoms with van der Waals surface area (Å²) in [7, 11) is 0. The molecule has 0 atom stereocenters. The molecule has 2 N–H and O–H groups in total. The molecule has 16 heavy (non-hydrogen) atoms. The number of anilines is 1. The molecule has 0 saturated carbocycles. The Hall–Kier alpha value is -2.09. The summed E-state index contributed by atoms with van der Waals surface area (Å²) in [6.07, 6.45) is 1.59. The van der Waals surface area contributed by atoms with E-state index in [1.807, 2.05) is 42.5 Å². The molecular weight excluding hydrogens is 198 g/mol. The van der Waals surface area contributed by atoms with E-state index in [1.165, 1.54) is 0 Å². The van der Waals surface area contributed by atoms with Gasteiger partial charge in [0.05, 0.1) is 6.42 Å². The summed E-state index contributed by atoms with van der Waals surface area (Å²) in [5.74, 6) is -0.0655. The van der Waals surface area contributed by atoms with Crippen LogP contribution in [-0.2, 0) is 0 Å². The van der Waals surface area contributed by atoms with E-state index < -0.39 is 0 Å². The molecule has 0 amide bonds. The monoisotopic (exact) mass is 210 g/mol. The first-order valence-electron chi connectivity index (χ1n) is 5.06. The Bertz CT molecular complexity index is 491. The quantitative estimate of drug-likeness (QED) is 0.625. The highest BCUT2D eigenvalue weighted by Gasteiger charge is 2.09. The van der Waals surface area contributed by atoms with Crippen molar-refractivity contribution in [2.45, 2.75) is 0 Å². The van der Waals surface area contributed by atoms with Gasteiger partial charge in [-0.1, -0.05) is 42.5 Å². The van der Waals surface area contributed by atoms with Crippen molar-refractivity contribution in [3.63, 3.8) is 0 Å². The Labute approximate surface area is 94.7 Å². The second kappa shape index (κ2) is 4.62. The summed E-state index contributed by atoms with van der Waals surface area (Å²) in [6.45, 7) is 0. The second-order valence-electron chi connectivity index (χ2n) is 3.51. The number of ketones is 1. The van der Waals surface area contributed by atoms with Crippen LogP contribution >= 0.6 is 0 Å². The highest BCUT2D eigenvalue weighted by atomic mass is 16.1. The first-order valence-corrected chi connectivity index (χ1v) is 5.06. The molecule has 2 rings (SSSR count). The molecule has 2 nitrogen and oxygen atoms in total. The van der Waals surface area contributed by atoms with E-state index in [0.717, 1.165) is 5.56 Å². The van der Waals surface area contributed by atoms with Crippen molar-refractivity contribution in [1.82, 2.24) is 0 Å². The van der Waals surface area contributed by atoms with Crippen molar-refractivity contribution >= 4 is 11.5 Å². The lowest BCUT2D eigenvalue weighted by molar-refractivity contribution is 0.103. The lowest BCUT2D eigenvalue weighted by Crippen LogP contribution is -2.04. The smallest absolute Gasteiger partial charge is 0.173 e. The lowest BCUT2D eigenvalue weighted by atomic mass is 10.0. The number of nitrogen functional groups attached to an aromatic ring is 1. The third-order valence-corrected chi connectivity index (χ3v) is 2.32. The molecule has 0 aliphatic carbocycles. The SMILES string of the molecule is Nc1ccccc1C(=O)[CH]c1ccccc1. The van der Waals surface area contributed by atoms with Crippen LogP contribution in [0, 0.1) is 6.42 Å². The Kier molecular flexibility index (Phi) is 3.01. The number of hydrogen-bond acceptors (Lipinski definition) is 2.